The summed E-state index contributed by atoms with van der Waals surface area (Å²) in [7, 11) is 0. The maximum atomic E-state index is 3.46. The molecular weight excluding hydrogens is 274 g/mol. The first-order valence-electron chi connectivity index (χ1n) is 8.68. The Bertz CT molecular complexity index is 395. The fourth-order valence-corrected chi connectivity index (χ4v) is 4.35. The Morgan fingerprint density at radius 3 is 2.38 bits per heavy atom. The molecule has 1 aromatic rings. The van der Waals surface area contributed by atoms with E-state index in [0.29, 0.717) is 11.8 Å². The second-order valence-electron chi connectivity index (χ2n) is 6.52. The number of benzene rings is 1. The molecule has 1 saturated carbocycles. The Balaban J connectivity index is 1.88. The molecule has 1 aliphatic rings. The first kappa shape index (κ1) is 16.9. The summed E-state index contributed by atoms with van der Waals surface area (Å²) in [5.41, 5.74) is 1.48. The van der Waals surface area contributed by atoms with Crippen LogP contribution in [0.5, 0.6) is 0 Å². The summed E-state index contributed by atoms with van der Waals surface area (Å²) in [5, 5.41) is 4.32. The molecule has 21 heavy (non-hydrogen) atoms. The summed E-state index contributed by atoms with van der Waals surface area (Å²) >= 11 is 2.09. The lowest BCUT2D eigenvalue weighted by Gasteiger charge is -2.22. The number of nitrogens with one attached hydrogen (secondary N) is 1. The predicted molar refractivity (Wildman–Crippen MR) is 95.3 cm³/mol. The minimum atomic E-state index is 0.623. The van der Waals surface area contributed by atoms with Crippen LogP contribution in [0.25, 0.3) is 0 Å². The SMILES string of the molecule is CCNCC(C)C(C)c1ccc(SC2CCCCC2)cc1. The van der Waals surface area contributed by atoms with Gasteiger partial charge in [0.1, 0.15) is 0 Å². The Hall–Kier alpha value is -0.470. The Morgan fingerprint density at radius 1 is 1.10 bits per heavy atom. The molecule has 0 spiro atoms. The summed E-state index contributed by atoms with van der Waals surface area (Å²) in [6, 6.07) is 9.37. The zero-order valence-electron chi connectivity index (χ0n) is 13.9. The first-order valence-corrected chi connectivity index (χ1v) is 9.56. The second kappa shape index (κ2) is 8.85. The van der Waals surface area contributed by atoms with Gasteiger partial charge in [-0.1, -0.05) is 52.2 Å². The fourth-order valence-electron chi connectivity index (χ4n) is 3.10. The Morgan fingerprint density at radius 2 is 1.76 bits per heavy atom. The van der Waals surface area contributed by atoms with Crippen molar-refractivity contribution in [1.29, 1.82) is 0 Å². The molecule has 2 unspecified atom stereocenters. The highest BCUT2D eigenvalue weighted by Gasteiger charge is 2.16. The van der Waals surface area contributed by atoms with Crippen LogP contribution in [0.4, 0.5) is 0 Å². The molecule has 0 aromatic heterocycles. The molecule has 2 rings (SSSR count). The van der Waals surface area contributed by atoms with Gasteiger partial charge in [-0.2, -0.15) is 0 Å². The van der Waals surface area contributed by atoms with Gasteiger partial charge in [-0.3, -0.25) is 0 Å². The van der Waals surface area contributed by atoms with Crippen molar-refractivity contribution in [3.63, 3.8) is 0 Å². The maximum Gasteiger partial charge on any atom is 0.00944 e. The van der Waals surface area contributed by atoms with Gasteiger partial charge in [0.05, 0.1) is 0 Å². The number of thioether (sulfide) groups is 1. The minimum Gasteiger partial charge on any atom is -0.317 e. The van der Waals surface area contributed by atoms with E-state index in [0.717, 1.165) is 18.3 Å². The molecule has 0 aliphatic heterocycles. The van der Waals surface area contributed by atoms with Gasteiger partial charge < -0.3 is 5.32 Å². The lowest BCUT2D eigenvalue weighted by atomic mass is 9.89. The summed E-state index contributed by atoms with van der Waals surface area (Å²) in [5.74, 6) is 1.31. The van der Waals surface area contributed by atoms with Crippen LogP contribution in [0.1, 0.15) is 64.4 Å². The van der Waals surface area contributed by atoms with Crippen LogP contribution in [-0.4, -0.2) is 18.3 Å². The van der Waals surface area contributed by atoms with Crippen molar-refractivity contribution in [3.05, 3.63) is 29.8 Å². The highest BCUT2D eigenvalue weighted by molar-refractivity contribution is 8.00. The zero-order valence-corrected chi connectivity index (χ0v) is 14.7. The van der Waals surface area contributed by atoms with Gasteiger partial charge >= 0.3 is 0 Å². The molecule has 0 amide bonds. The van der Waals surface area contributed by atoms with E-state index in [-0.39, 0.29) is 0 Å². The van der Waals surface area contributed by atoms with Crippen molar-refractivity contribution in [3.8, 4) is 0 Å². The third-order valence-corrected chi connectivity index (χ3v) is 6.18. The molecule has 0 saturated heterocycles. The minimum absolute atomic E-state index is 0.623. The van der Waals surface area contributed by atoms with Crippen LogP contribution < -0.4 is 5.32 Å². The molecule has 1 aromatic carbocycles. The number of rotatable bonds is 7. The van der Waals surface area contributed by atoms with Crippen molar-refractivity contribution in [2.45, 2.75) is 68.9 Å². The van der Waals surface area contributed by atoms with E-state index in [9.17, 15) is 0 Å². The molecule has 0 bridgehead atoms. The highest BCUT2D eigenvalue weighted by atomic mass is 32.2. The number of hydrogen-bond acceptors (Lipinski definition) is 2. The van der Waals surface area contributed by atoms with Gasteiger partial charge in [0.25, 0.3) is 0 Å². The smallest absolute Gasteiger partial charge is 0.00944 e. The third-order valence-electron chi connectivity index (χ3n) is 4.83. The van der Waals surface area contributed by atoms with E-state index in [4.69, 9.17) is 0 Å². The van der Waals surface area contributed by atoms with Crippen molar-refractivity contribution in [2.24, 2.45) is 5.92 Å². The molecule has 2 heteroatoms. The van der Waals surface area contributed by atoms with Crippen molar-refractivity contribution < 1.29 is 0 Å². The molecule has 1 nitrogen and oxygen atoms in total. The van der Waals surface area contributed by atoms with Crippen LogP contribution in [0, 0.1) is 5.92 Å². The van der Waals surface area contributed by atoms with Crippen LogP contribution in [0.3, 0.4) is 0 Å². The van der Waals surface area contributed by atoms with Crippen molar-refractivity contribution >= 4 is 11.8 Å². The molecule has 0 heterocycles. The summed E-state index contributed by atoms with van der Waals surface area (Å²) < 4.78 is 0. The number of hydrogen-bond donors (Lipinski definition) is 1. The van der Waals surface area contributed by atoms with E-state index in [1.807, 2.05) is 0 Å². The third kappa shape index (κ3) is 5.34. The highest BCUT2D eigenvalue weighted by Crippen LogP contribution is 2.34. The quantitative estimate of drug-likeness (QED) is 0.718. The monoisotopic (exact) mass is 305 g/mol. The molecule has 1 N–H and O–H groups in total. The van der Waals surface area contributed by atoms with E-state index in [1.54, 1.807) is 0 Å². The molecule has 1 aliphatic carbocycles. The fraction of sp³-hybridized carbons (Fsp3) is 0.684. The van der Waals surface area contributed by atoms with Gasteiger partial charge in [-0.15, -0.1) is 11.8 Å². The van der Waals surface area contributed by atoms with Gasteiger partial charge in [0.15, 0.2) is 0 Å². The first-order chi connectivity index (χ1) is 10.2. The predicted octanol–water partition coefficient (Wildman–Crippen LogP) is 5.46. The zero-order chi connectivity index (χ0) is 15.1. The molecule has 118 valence electrons. The van der Waals surface area contributed by atoms with E-state index >= 15 is 0 Å². The largest absolute Gasteiger partial charge is 0.317 e. The van der Waals surface area contributed by atoms with Gasteiger partial charge in [0.2, 0.25) is 0 Å². The van der Waals surface area contributed by atoms with Gasteiger partial charge in [-0.25, -0.2) is 0 Å². The molecule has 0 radical (unpaired) electrons. The summed E-state index contributed by atoms with van der Waals surface area (Å²) in [6.07, 6.45) is 7.10. The summed E-state index contributed by atoms with van der Waals surface area (Å²) in [4.78, 5) is 1.46. The Labute approximate surface area is 135 Å². The average molecular weight is 306 g/mol. The normalized spacial score (nSPS) is 19.4. The molecule has 2 atom stereocenters. The summed E-state index contributed by atoms with van der Waals surface area (Å²) in [6.45, 7) is 9.04. The van der Waals surface area contributed by atoms with Crippen LogP contribution in [0.2, 0.25) is 0 Å². The van der Waals surface area contributed by atoms with Crippen molar-refractivity contribution in [2.75, 3.05) is 13.1 Å². The van der Waals surface area contributed by atoms with E-state index in [2.05, 4.69) is 62.1 Å². The second-order valence-corrected chi connectivity index (χ2v) is 7.89. The lowest BCUT2D eigenvalue weighted by molar-refractivity contribution is 0.454. The van der Waals surface area contributed by atoms with Gasteiger partial charge in [0, 0.05) is 10.1 Å². The van der Waals surface area contributed by atoms with Crippen LogP contribution in [-0.2, 0) is 0 Å². The van der Waals surface area contributed by atoms with E-state index < -0.39 is 0 Å². The van der Waals surface area contributed by atoms with Gasteiger partial charge in [-0.05, 0) is 55.5 Å². The average Bonchev–Trinajstić information content (AvgIpc) is 2.53. The lowest BCUT2D eigenvalue weighted by Crippen LogP contribution is -2.24. The van der Waals surface area contributed by atoms with Crippen LogP contribution in [0.15, 0.2) is 29.2 Å². The topological polar surface area (TPSA) is 12.0 Å². The Kier molecular flexibility index (Phi) is 7.12. The molecular formula is C19H31NS. The standard InChI is InChI=1S/C19H31NS/c1-4-20-14-15(2)16(3)17-10-12-19(13-11-17)21-18-8-6-5-7-9-18/h10-13,15-16,18,20H,4-9,14H2,1-3H3. The van der Waals surface area contributed by atoms with Crippen LogP contribution >= 0.6 is 11.8 Å². The molecule has 1 fully saturated rings. The van der Waals surface area contributed by atoms with Crippen molar-refractivity contribution in [1.82, 2.24) is 5.32 Å². The van der Waals surface area contributed by atoms with E-state index in [1.165, 1.54) is 42.6 Å². The maximum absolute atomic E-state index is 3.46.